The lowest BCUT2D eigenvalue weighted by Gasteiger charge is -2.19. The predicted octanol–water partition coefficient (Wildman–Crippen LogP) is 4.39. The quantitative estimate of drug-likeness (QED) is 0.719. The van der Waals surface area contributed by atoms with Gasteiger partial charge in [-0.1, -0.05) is 25.0 Å². The van der Waals surface area contributed by atoms with Gasteiger partial charge in [-0.15, -0.1) is 0 Å². The summed E-state index contributed by atoms with van der Waals surface area (Å²) in [4.78, 5) is 23.9. The second-order valence-corrected chi connectivity index (χ2v) is 7.71. The fraction of sp³-hybridized carbons (Fsp3) is 0.600. The second-order valence-electron chi connectivity index (χ2n) is 7.71. The van der Waals surface area contributed by atoms with Crippen molar-refractivity contribution in [2.45, 2.75) is 58.5 Å². The molecule has 5 nitrogen and oxygen atoms in total. The van der Waals surface area contributed by atoms with Crippen LogP contribution in [0, 0.1) is 5.92 Å². The number of anilines is 1. The van der Waals surface area contributed by atoms with Gasteiger partial charge in [0, 0.05) is 30.8 Å². The lowest BCUT2D eigenvalue weighted by atomic mass is 10.1. The van der Waals surface area contributed by atoms with Crippen molar-refractivity contribution in [3.8, 4) is 0 Å². The van der Waals surface area contributed by atoms with Crippen LogP contribution < -0.4 is 10.6 Å². The molecular formula is C20H30N2O3. The molecule has 0 heterocycles. The molecule has 2 N–H and O–H groups in total. The van der Waals surface area contributed by atoms with Crippen LogP contribution in [-0.4, -0.2) is 30.6 Å². The average Bonchev–Trinajstić information content (AvgIpc) is 3.05. The lowest BCUT2D eigenvalue weighted by molar-refractivity contribution is 0.0527. The average molecular weight is 346 g/mol. The Balaban J connectivity index is 1.77. The van der Waals surface area contributed by atoms with Crippen LogP contribution in [-0.2, 0) is 4.74 Å². The van der Waals surface area contributed by atoms with Gasteiger partial charge in [-0.3, -0.25) is 4.79 Å². The Bertz CT molecular complexity index is 587. The molecular weight excluding hydrogens is 316 g/mol. The van der Waals surface area contributed by atoms with E-state index in [0.717, 1.165) is 18.2 Å². The Morgan fingerprint density at radius 2 is 1.92 bits per heavy atom. The highest BCUT2D eigenvalue weighted by Gasteiger charge is 2.17. The summed E-state index contributed by atoms with van der Waals surface area (Å²) in [5.74, 6) is 0.762. The van der Waals surface area contributed by atoms with Crippen LogP contribution in [0.1, 0.15) is 63.2 Å². The van der Waals surface area contributed by atoms with E-state index in [2.05, 4.69) is 10.6 Å². The van der Waals surface area contributed by atoms with E-state index in [-0.39, 0.29) is 18.7 Å². The molecule has 0 bridgehead atoms. The molecule has 5 heteroatoms. The Kier molecular flexibility index (Phi) is 6.85. The zero-order valence-electron chi connectivity index (χ0n) is 15.6. The Morgan fingerprint density at radius 1 is 1.20 bits per heavy atom. The number of benzene rings is 1. The first-order valence-electron chi connectivity index (χ1n) is 9.17. The second kappa shape index (κ2) is 8.88. The van der Waals surface area contributed by atoms with Crippen LogP contribution in [0.5, 0.6) is 0 Å². The maximum absolute atomic E-state index is 12.3. The number of alkyl carbamates (subject to hydrolysis) is 1. The molecule has 1 aromatic carbocycles. The molecule has 0 unspecified atom stereocenters. The minimum Gasteiger partial charge on any atom is -0.444 e. The SMILES string of the molecule is CC(C)(C)OC(=O)NCCC(=O)c1cccc(NCC2CCCC2)c1. The first-order chi connectivity index (χ1) is 11.8. The number of Topliss-reactive ketones (excluding diaryl/α,β-unsaturated/α-hetero) is 1. The summed E-state index contributed by atoms with van der Waals surface area (Å²) in [6, 6.07) is 7.59. The highest BCUT2D eigenvalue weighted by Crippen LogP contribution is 2.25. The Labute approximate surface area is 150 Å². The molecule has 1 fully saturated rings. The maximum Gasteiger partial charge on any atom is 0.407 e. The van der Waals surface area contributed by atoms with Crippen LogP contribution in [0.4, 0.5) is 10.5 Å². The molecule has 0 atom stereocenters. The molecule has 0 aliphatic heterocycles. The first kappa shape index (κ1) is 19.3. The van der Waals surface area contributed by atoms with E-state index in [1.165, 1.54) is 25.7 Å². The van der Waals surface area contributed by atoms with E-state index in [4.69, 9.17) is 4.74 Å². The summed E-state index contributed by atoms with van der Waals surface area (Å²) >= 11 is 0. The number of hydrogen-bond donors (Lipinski definition) is 2. The zero-order valence-corrected chi connectivity index (χ0v) is 15.6. The summed E-state index contributed by atoms with van der Waals surface area (Å²) in [5, 5.41) is 6.06. The predicted molar refractivity (Wildman–Crippen MR) is 100 cm³/mol. The maximum atomic E-state index is 12.3. The molecule has 1 aromatic rings. The number of nitrogens with one attached hydrogen (secondary N) is 2. The molecule has 2 rings (SSSR count). The summed E-state index contributed by atoms with van der Waals surface area (Å²) in [5.41, 5.74) is 1.12. The largest absolute Gasteiger partial charge is 0.444 e. The fourth-order valence-corrected chi connectivity index (χ4v) is 3.02. The highest BCUT2D eigenvalue weighted by atomic mass is 16.6. The van der Waals surface area contributed by atoms with Gasteiger partial charge >= 0.3 is 6.09 Å². The van der Waals surface area contributed by atoms with E-state index in [1.54, 1.807) is 0 Å². The van der Waals surface area contributed by atoms with Crippen LogP contribution in [0.25, 0.3) is 0 Å². The minimum atomic E-state index is -0.534. The zero-order chi connectivity index (χ0) is 18.3. The van der Waals surface area contributed by atoms with Crippen molar-refractivity contribution in [3.63, 3.8) is 0 Å². The van der Waals surface area contributed by atoms with Crippen LogP contribution >= 0.6 is 0 Å². The van der Waals surface area contributed by atoms with E-state index in [9.17, 15) is 9.59 Å². The molecule has 1 amide bonds. The number of ether oxygens (including phenoxy) is 1. The van der Waals surface area contributed by atoms with Gasteiger partial charge in [-0.2, -0.15) is 0 Å². The van der Waals surface area contributed by atoms with E-state index in [0.29, 0.717) is 5.56 Å². The van der Waals surface area contributed by atoms with Gasteiger partial charge < -0.3 is 15.4 Å². The minimum absolute atomic E-state index is 0.0144. The highest BCUT2D eigenvalue weighted by molar-refractivity contribution is 5.97. The molecule has 0 saturated heterocycles. The van der Waals surface area contributed by atoms with E-state index in [1.807, 2.05) is 45.0 Å². The third-order valence-electron chi connectivity index (χ3n) is 4.27. The molecule has 0 aromatic heterocycles. The van der Waals surface area contributed by atoms with Gasteiger partial charge in [0.1, 0.15) is 5.60 Å². The normalized spacial score (nSPS) is 15.0. The van der Waals surface area contributed by atoms with Gasteiger partial charge in [0.15, 0.2) is 5.78 Å². The third-order valence-corrected chi connectivity index (χ3v) is 4.27. The molecule has 0 spiro atoms. The number of hydrogen-bond acceptors (Lipinski definition) is 4. The number of rotatable bonds is 7. The lowest BCUT2D eigenvalue weighted by Crippen LogP contribution is -2.33. The van der Waals surface area contributed by atoms with Crippen molar-refractivity contribution in [2.24, 2.45) is 5.92 Å². The molecule has 1 saturated carbocycles. The Hall–Kier alpha value is -2.04. The van der Waals surface area contributed by atoms with Crippen molar-refractivity contribution in [1.29, 1.82) is 0 Å². The fourth-order valence-electron chi connectivity index (χ4n) is 3.02. The van der Waals surface area contributed by atoms with Gasteiger partial charge in [0.2, 0.25) is 0 Å². The first-order valence-corrected chi connectivity index (χ1v) is 9.17. The smallest absolute Gasteiger partial charge is 0.407 e. The molecule has 0 radical (unpaired) electrons. The summed E-state index contributed by atoms with van der Waals surface area (Å²) in [7, 11) is 0. The van der Waals surface area contributed by atoms with Gasteiger partial charge in [0.05, 0.1) is 0 Å². The van der Waals surface area contributed by atoms with Gasteiger partial charge in [0.25, 0.3) is 0 Å². The van der Waals surface area contributed by atoms with E-state index < -0.39 is 11.7 Å². The number of carbonyl (C=O) groups is 2. The van der Waals surface area contributed by atoms with Crippen molar-refractivity contribution in [2.75, 3.05) is 18.4 Å². The number of amides is 1. The third kappa shape index (κ3) is 7.16. The Morgan fingerprint density at radius 3 is 2.60 bits per heavy atom. The topological polar surface area (TPSA) is 67.4 Å². The van der Waals surface area contributed by atoms with Crippen molar-refractivity contribution < 1.29 is 14.3 Å². The van der Waals surface area contributed by atoms with Crippen molar-refractivity contribution in [3.05, 3.63) is 29.8 Å². The number of carbonyl (C=O) groups excluding carboxylic acids is 2. The van der Waals surface area contributed by atoms with E-state index >= 15 is 0 Å². The van der Waals surface area contributed by atoms with Crippen molar-refractivity contribution >= 4 is 17.6 Å². The van der Waals surface area contributed by atoms with Crippen LogP contribution in [0.15, 0.2) is 24.3 Å². The summed E-state index contributed by atoms with van der Waals surface area (Å²) < 4.78 is 5.15. The van der Waals surface area contributed by atoms with Crippen LogP contribution in [0.2, 0.25) is 0 Å². The monoisotopic (exact) mass is 346 g/mol. The molecule has 1 aliphatic carbocycles. The summed E-state index contributed by atoms with van der Waals surface area (Å²) in [6.45, 7) is 6.66. The molecule has 138 valence electrons. The standard InChI is InChI=1S/C20H30N2O3/c1-20(2,3)25-19(24)21-12-11-18(23)16-9-6-10-17(13-16)22-14-15-7-4-5-8-15/h6,9-10,13,15,22H,4-5,7-8,11-12,14H2,1-3H3,(H,21,24). The number of ketones is 1. The van der Waals surface area contributed by atoms with Crippen molar-refractivity contribution in [1.82, 2.24) is 5.32 Å². The van der Waals surface area contributed by atoms with Gasteiger partial charge in [-0.25, -0.2) is 4.79 Å². The molecule has 1 aliphatic rings. The summed E-state index contributed by atoms with van der Waals surface area (Å²) in [6.07, 6.45) is 5.01. The molecule has 25 heavy (non-hydrogen) atoms. The van der Waals surface area contributed by atoms with Crippen LogP contribution in [0.3, 0.4) is 0 Å². The van der Waals surface area contributed by atoms with Gasteiger partial charge in [-0.05, 0) is 51.7 Å².